The number of ether oxygens (including phenoxy) is 3. The molecule has 0 saturated carbocycles. The minimum atomic E-state index is -1.01. The zero-order valence-electron chi connectivity index (χ0n) is 31.6. The number of fused-ring (bicyclic) bond motifs is 8. The van der Waals surface area contributed by atoms with E-state index in [1.54, 1.807) is 34.1 Å². The molecule has 1 unspecified atom stereocenters. The smallest absolute Gasteiger partial charge is 0.408 e. The number of aromatic nitrogens is 2. The van der Waals surface area contributed by atoms with E-state index in [2.05, 4.69) is 60.3 Å². The zero-order chi connectivity index (χ0) is 37.8. The monoisotopic (exact) mass is 722 g/mol. The van der Waals surface area contributed by atoms with Crippen molar-refractivity contribution >= 4 is 34.6 Å². The first-order chi connectivity index (χ1) is 25.2. The molecule has 0 radical (unpaired) electrons. The molecular formula is C41H50N6O6. The summed E-state index contributed by atoms with van der Waals surface area (Å²) in [7, 11) is 1.71. The van der Waals surface area contributed by atoms with Crippen molar-refractivity contribution in [2.45, 2.75) is 97.1 Å². The average Bonchev–Trinajstić information content (AvgIpc) is 3.44. The molecular weight excluding hydrogens is 672 g/mol. The highest BCUT2D eigenvalue weighted by molar-refractivity contribution is 5.97. The second-order valence-corrected chi connectivity index (χ2v) is 16.1. The summed E-state index contributed by atoms with van der Waals surface area (Å²) in [6.45, 7) is 12.8. The maximum atomic E-state index is 14.2. The van der Waals surface area contributed by atoms with Gasteiger partial charge in [-0.15, -0.1) is 0 Å². The number of methoxy groups -OCH3 is 1. The Bertz CT molecular complexity index is 2080. The first-order valence-electron chi connectivity index (χ1n) is 18.5. The van der Waals surface area contributed by atoms with E-state index in [1.165, 1.54) is 5.01 Å². The Labute approximate surface area is 310 Å². The van der Waals surface area contributed by atoms with Crippen LogP contribution in [0.5, 0.6) is 0 Å². The summed E-state index contributed by atoms with van der Waals surface area (Å²) in [5, 5.41) is 5.29. The van der Waals surface area contributed by atoms with Crippen molar-refractivity contribution in [3.63, 3.8) is 0 Å². The molecule has 2 aromatic heterocycles. The lowest BCUT2D eigenvalue weighted by atomic mass is 9.67. The lowest BCUT2D eigenvalue weighted by Crippen LogP contribution is -2.60. The molecule has 4 heterocycles. The Morgan fingerprint density at radius 1 is 1.13 bits per heavy atom. The number of anilines is 1. The highest BCUT2D eigenvalue weighted by Gasteiger charge is 2.47. The van der Waals surface area contributed by atoms with Gasteiger partial charge in [0.2, 0.25) is 0 Å². The predicted octanol–water partition coefficient (Wildman–Crippen LogP) is 6.27. The molecule has 6 bridgehead atoms. The van der Waals surface area contributed by atoms with Gasteiger partial charge in [0, 0.05) is 66.3 Å². The van der Waals surface area contributed by atoms with Crippen molar-refractivity contribution < 1.29 is 28.6 Å². The van der Waals surface area contributed by atoms with Crippen LogP contribution >= 0.6 is 0 Å². The van der Waals surface area contributed by atoms with Crippen LogP contribution in [0.25, 0.3) is 33.3 Å². The van der Waals surface area contributed by atoms with Crippen LogP contribution in [0.15, 0.2) is 54.7 Å². The van der Waals surface area contributed by atoms with E-state index in [9.17, 15) is 14.4 Å². The molecule has 1 fully saturated rings. The van der Waals surface area contributed by atoms with Crippen molar-refractivity contribution in [2.24, 2.45) is 5.41 Å². The van der Waals surface area contributed by atoms with Gasteiger partial charge in [-0.05, 0) is 99.2 Å². The number of benzene rings is 2. The fraction of sp³-hybridized carbons (Fsp3) is 0.463. The summed E-state index contributed by atoms with van der Waals surface area (Å²) in [6.07, 6.45) is 1.88. The number of amides is 2. The number of carbonyl (C=O) groups is 3. The molecule has 4 aromatic rings. The molecule has 12 nitrogen and oxygen atoms in total. The van der Waals surface area contributed by atoms with Crippen LogP contribution in [0.1, 0.15) is 83.2 Å². The molecule has 4 atom stereocenters. The van der Waals surface area contributed by atoms with Gasteiger partial charge in [-0.3, -0.25) is 19.6 Å². The molecule has 2 aliphatic heterocycles. The summed E-state index contributed by atoms with van der Waals surface area (Å²) in [4.78, 5) is 46.0. The number of nitrogens with two attached hydrogens (primary N) is 1. The number of hydrazine groups is 1. The van der Waals surface area contributed by atoms with E-state index in [1.807, 2.05) is 24.3 Å². The van der Waals surface area contributed by atoms with Gasteiger partial charge in [0.15, 0.2) is 0 Å². The van der Waals surface area contributed by atoms with Gasteiger partial charge in [0.05, 0.1) is 18.0 Å². The van der Waals surface area contributed by atoms with Gasteiger partial charge in [-0.1, -0.05) is 26.0 Å². The van der Waals surface area contributed by atoms with Gasteiger partial charge in [0.25, 0.3) is 5.91 Å². The van der Waals surface area contributed by atoms with E-state index in [-0.39, 0.29) is 18.9 Å². The van der Waals surface area contributed by atoms with E-state index in [0.29, 0.717) is 25.1 Å². The van der Waals surface area contributed by atoms with E-state index >= 15 is 0 Å². The number of alkyl carbamates (subject to hydrolysis) is 1. The molecule has 3 aliphatic rings. The summed E-state index contributed by atoms with van der Waals surface area (Å²) >= 11 is 0. The summed E-state index contributed by atoms with van der Waals surface area (Å²) in [5.74, 6) is -1.08. The third kappa shape index (κ3) is 6.86. The number of hydrogen-bond donors (Lipinski definition) is 3. The lowest BCUT2D eigenvalue weighted by molar-refractivity contribution is -0.156. The standard InChI is InChI=1S/C41H50N6O6/c1-8-46-31-14-13-24-21-28(31)32-33(36(51-7)34-27(35(32)46)11-9-15-43-34)41(5,6)22-52-38(49)29-12-10-16-47(45-29)37(48)30(44-39(50)53-40(2,3)4)19-23-17-25(24)20-26(42)18-23/h9,11,13-15,17-18,20-21,29-30,33,36,45H,8,10,12,16,19,22,42H2,1-7H3,(H,44,50)/t29-,30-,33?,36-/m0/s1. The fourth-order valence-corrected chi connectivity index (χ4v) is 8.34. The van der Waals surface area contributed by atoms with Crippen LogP contribution < -0.4 is 16.5 Å². The molecule has 0 spiro atoms. The average molecular weight is 723 g/mol. The van der Waals surface area contributed by atoms with Crippen molar-refractivity contribution in [3.8, 4) is 22.4 Å². The SMILES string of the molecule is CCn1c2c3c4cc(ccc41)-c1cc(N)cc(c1)C[C@H](NC(=O)OC(C)(C)C)C(=O)N1CCC[C@H](N1)C(=O)OCC(C)(C)C3[C@H](OC)c1ncccc1-2. The second kappa shape index (κ2) is 13.8. The number of aryl methyl sites for hydroxylation is 1. The van der Waals surface area contributed by atoms with Crippen LogP contribution in [-0.2, 0) is 36.8 Å². The quantitative estimate of drug-likeness (QED) is 0.164. The molecule has 7 rings (SSSR count). The second-order valence-electron chi connectivity index (χ2n) is 16.1. The number of cyclic esters (lactones) is 1. The first-order valence-corrected chi connectivity index (χ1v) is 18.5. The molecule has 12 heteroatoms. The highest BCUT2D eigenvalue weighted by atomic mass is 16.6. The summed E-state index contributed by atoms with van der Waals surface area (Å²) in [6, 6.07) is 14.5. The third-order valence-corrected chi connectivity index (χ3v) is 10.6. The largest absolute Gasteiger partial charge is 0.464 e. The topological polar surface area (TPSA) is 150 Å². The first kappa shape index (κ1) is 36.4. The van der Waals surface area contributed by atoms with Crippen LogP contribution in [0, 0.1) is 5.41 Å². The highest BCUT2D eigenvalue weighted by Crippen LogP contribution is 2.57. The van der Waals surface area contributed by atoms with Crippen molar-refractivity contribution in [1.82, 2.24) is 25.3 Å². The van der Waals surface area contributed by atoms with Crippen LogP contribution in [0.4, 0.5) is 10.5 Å². The van der Waals surface area contributed by atoms with Crippen molar-refractivity contribution in [3.05, 3.63) is 71.5 Å². The summed E-state index contributed by atoms with van der Waals surface area (Å²) < 4.78 is 20.4. The minimum Gasteiger partial charge on any atom is -0.464 e. The number of carbonyl (C=O) groups excluding carboxylic acids is 3. The number of nitrogens with one attached hydrogen (secondary N) is 2. The normalized spacial score (nSPS) is 22.8. The predicted molar refractivity (Wildman–Crippen MR) is 203 cm³/mol. The molecule has 1 saturated heterocycles. The number of pyridine rings is 1. The maximum Gasteiger partial charge on any atom is 0.408 e. The Morgan fingerprint density at radius 3 is 2.66 bits per heavy atom. The number of esters is 1. The number of nitrogen functional groups attached to an aromatic ring is 1. The van der Waals surface area contributed by atoms with E-state index in [4.69, 9.17) is 24.9 Å². The minimum absolute atomic E-state index is 0.101. The van der Waals surface area contributed by atoms with Gasteiger partial charge in [-0.2, -0.15) is 0 Å². The van der Waals surface area contributed by atoms with E-state index < -0.39 is 47.2 Å². The van der Waals surface area contributed by atoms with Gasteiger partial charge in [0.1, 0.15) is 23.8 Å². The van der Waals surface area contributed by atoms with Crippen LogP contribution in [0.2, 0.25) is 0 Å². The van der Waals surface area contributed by atoms with Crippen LogP contribution in [-0.4, -0.2) is 70.5 Å². The zero-order valence-corrected chi connectivity index (χ0v) is 31.6. The van der Waals surface area contributed by atoms with Crippen LogP contribution in [0.3, 0.4) is 0 Å². The fourth-order valence-electron chi connectivity index (χ4n) is 8.34. The summed E-state index contributed by atoms with van der Waals surface area (Å²) in [5.41, 5.74) is 16.5. The maximum absolute atomic E-state index is 14.2. The van der Waals surface area contributed by atoms with Crippen molar-refractivity contribution in [1.29, 1.82) is 0 Å². The third-order valence-electron chi connectivity index (χ3n) is 10.6. The molecule has 2 aromatic carbocycles. The van der Waals surface area contributed by atoms with Crippen molar-refractivity contribution in [2.75, 3.05) is 26.0 Å². The Kier molecular flexibility index (Phi) is 9.48. The molecule has 1 aliphatic carbocycles. The Hall–Kier alpha value is -4.94. The molecule has 2 amide bonds. The number of hydrogen-bond acceptors (Lipinski definition) is 9. The van der Waals surface area contributed by atoms with Gasteiger partial charge < -0.3 is 29.8 Å². The van der Waals surface area contributed by atoms with E-state index in [0.717, 1.165) is 56.7 Å². The number of nitrogens with zero attached hydrogens (tertiary/aromatic N) is 3. The van der Waals surface area contributed by atoms with Gasteiger partial charge in [-0.25, -0.2) is 10.2 Å². The molecule has 4 N–H and O–H groups in total. The molecule has 280 valence electrons. The lowest BCUT2D eigenvalue weighted by Gasteiger charge is -2.42. The molecule has 53 heavy (non-hydrogen) atoms. The Morgan fingerprint density at radius 2 is 1.92 bits per heavy atom. The van der Waals surface area contributed by atoms with Gasteiger partial charge >= 0.3 is 12.1 Å². The number of rotatable bonds is 3. The Balaban J connectivity index is 1.43.